The predicted molar refractivity (Wildman–Crippen MR) is 98.8 cm³/mol. The molecule has 144 valence electrons. The highest BCUT2D eigenvalue weighted by Gasteiger charge is 2.22. The third-order valence-electron chi connectivity index (χ3n) is 3.90. The zero-order valence-corrected chi connectivity index (χ0v) is 15.7. The van der Waals surface area contributed by atoms with E-state index in [1.165, 1.54) is 38.3 Å². The normalized spacial score (nSPS) is 14.3. The van der Waals surface area contributed by atoms with E-state index in [0.29, 0.717) is 36.1 Å². The molecule has 0 bridgehead atoms. The van der Waals surface area contributed by atoms with Crippen LogP contribution in [0.25, 0.3) is 0 Å². The fourth-order valence-corrected chi connectivity index (χ4v) is 3.68. The van der Waals surface area contributed by atoms with Crippen LogP contribution >= 0.6 is 0 Å². The lowest BCUT2D eigenvalue weighted by Crippen LogP contribution is -2.41. The van der Waals surface area contributed by atoms with Crippen LogP contribution in [0.4, 0.5) is 5.69 Å². The molecule has 0 aliphatic carbocycles. The Hall–Kier alpha value is -2.78. The first-order chi connectivity index (χ1) is 12.9. The lowest BCUT2D eigenvalue weighted by Gasteiger charge is -2.19. The Bertz CT molecular complexity index is 927. The SMILES string of the molecule is COc1ccc(S(=O)(=O)NC(C)C(=O)Nc2ccc3c(c2)OCCO3)cc1. The van der Waals surface area contributed by atoms with Crippen molar-refractivity contribution in [1.82, 2.24) is 4.72 Å². The quantitative estimate of drug-likeness (QED) is 0.777. The van der Waals surface area contributed by atoms with Gasteiger partial charge < -0.3 is 19.5 Å². The molecule has 0 fully saturated rings. The third kappa shape index (κ3) is 4.50. The van der Waals surface area contributed by atoms with Crippen molar-refractivity contribution in [3.8, 4) is 17.2 Å². The van der Waals surface area contributed by atoms with E-state index < -0.39 is 22.0 Å². The maximum atomic E-state index is 12.4. The van der Waals surface area contributed by atoms with Gasteiger partial charge in [0.2, 0.25) is 15.9 Å². The van der Waals surface area contributed by atoms with E-state index in [1.807, 2.05) is 0 Å². The summed E-state index contributed by atoms with van der Waals surface area (Å²) >= 11 is 0. The molecule has 1 unspecified atom stereocenters. The summed E-state index contributed by atoms with van der Waals surface area (Å²) in [7, 11) is -2.36. The number of carbonyl (C=O) groups is 1. The van der Waals surface area contributed by atoms with E-state index in [0.717, 1.165) is 0 Å². The van der Waals surface area contributed by atoms with Gasteiger partial charge in [-0.1, -0.05) is 0 Å². The van der Waals surface area contributed by atoms with E-state index in [9.17, 15) is 13.2 Å². The number of methoxy groups -OCH3 is 1. The lowest BCUT2D eigenvalue weighted by molar-refractivity contribution is -0.117. The van der Waals surface area contributed by atoms with Gasteiger partial charge in [0.1, 0.15) is 19.0 Å². The van der Waals surface area contributed by atoms with Crippen molar-refractivity contribution in [1.29, 1.82) is 0 Å². The van der Waals surface area contributed by atoms with E-state index in [-0.39, 0.29) is 4.90 Å². The fourth-order valence-electron chi connectivity index (χ4n) is 2.48. The summed E-state index contributed by atoms with van der Waals surface area (Å²) in [6.45, 7) is 2.37. The lowest BCUT2D eigenvalue weighted by atomic mass is 10.2. The van der Waals surface area contributed by atoms with Crippen molar-refractivity contribution < 1.29 is 27.4 Å². The van der Waals surface area contributed by atoms with Gasteiger partial charge in [-0.25, -0.2) is 8.42 Å². The van der Waals surface area contributed by atoms with Gasteiger partial charge in [0.05, 0.1) is 18.0 Å². The molecule has 3 rings (SSSR count). The van der Waals surface area contributed by atoms with E-state index in [1.54, 1.807) is 18.2 Å². The van der Waals surface area contributed by atoms with Gasteiger partial charge in [-0.3, -0.25) is 4.79 Å². The van der Waals surface area contributed by atoms with Gasteiger partial charge in [-0.2, -0.15) is 4.72 Å². The first-order valence-electron chi connectivity index (χ1n) is 8.26. The molecule has 8 nitrogen and oxygen atoms in total. The third-order valence-corrected chi connectivity index (χ3v) is 5.46. The van der Waals surface area contributed by atoms with Gasteiger partial charge in [0.15, 0.2) is 11.5 Å². The molecule has 9 heteroatoms. The maximum absolute atomic E-state index is 12.4. The van der Waals surface area contributed by atoms with Crippen LogP contribution in [0.3, 0.4) is 0 Å². The topological polar surface area (TPSA) is 103 Å². The Labute approximate surface area is 157 Å². The average Bonchev–Trinajstić information content (AvgIpc) is 2.67. The molecule has 2 N–H and O–H groups in total. The molecule has 1 amide bonds. The molecule has 0 aromatic heterocycles. The summed E-state index contributed by atoms with van der Waals surface area (Å²) in [4.78, 5) is 12.4. The van der Waals surface area contributed by atoms with Crippen LogP contribution in [-0.4, -0.2) is 40.7 Å². The van der Waals surface area contributed by atoms with Crippen molar-refractivity contribution in [2.45, 2.75) is 17.9 Å². The molecule has 0 saturated carbocycles. The van der Waals surface area contributed by atoms with E-state index in [4.69, 9.17) is 14.2 Å². The molecule has 1 heterocycles. The van der Waals surface area contributed by atoms with Crippen molar-refractivity contribution in [2.75, 3.05) is 25.6 Å². The number of sulfonamides is 1. The smallest absolute Gasteiger partial charge is 0.242 e. The Morgan fingerprint density at radius 3 is 2.41 bits per heavy atom. The summed E-state index contributed by atoms with van der Waals surface area (Å²) in [6.07, 6.45) is 0. The van der Waals surface area contributed by atoms with Gasteiger partial charge in [0.25, 0.3) is 0 Å². The number of nitrogens with one attached hydrogen (secondary N) is 2. The predicted octanol–water partition coefficient (Wildman–Crippen LogP) is 1.77. The Kier molecular flexibility index (Phi) is 5.52. The number of benzene rings is 2. The summed E-state index contributed by atoms with van der Waals surface area (Å²) in [5.74, 6) is 1.18. The Morgan fingerprint density at radius 1 is 1.07 bits per heavy atom. The second-order valence-electron chi connectivity index (χ2n) is 5.87. The number of hydrogen-bond acceptors (Lipinski definition) is 6. The Morgan fingerprint density at radius 2 is 1.74 bits per heavy atom. The summed E-state index contributed by atoms with van der Waals surface area (Å²) in [6, 6.07) is 9.90. The standard InChI is InChI=1S/C18H20N2O6S/c1-12(20-27(22,23)15-6-4-14(24-2)5-7-15)18(21)19-13-3-8-16-17(11-13)26-10-9-25-16/h3-8,11-12,20H,9-10H2,1-2H3,(H,19,21). The molecule has 1 atom stereocenters. The van der Waals surface area contributed by atoms with Crippen molar-refractivity contribution in [3.05, 3.63) is 42.5 Å². The highest BCUT2D eigenvalue weighted by Crippen LogP contribution is 2.32. The molecule has 1 aliphatic heterocycles. The minimum absolute atomic E-state index is 0.0438. The van der Waals surface area contributed by atoms with Crippen molar-refractivity contribution in [2.24, 2.45) is 0 Å². The van der Waals surface area contributed by atoms with Gasteiger partial charge in [0, 0.05) is 11.8 Å². The molecule has 2 aromatic carbocycles. The van der Waals surface area contributed by atoms with Gasteiger partial charge in [-0.15, -0.1) is 0 Å². The minimum Gasteiger partial charge on any atom is -0.497 e. The molecule has 1 aliphatic rings. The highest BCUT2D eigenvalue weighted by atomic mass is 32.2. The molecule has 0 radical (unpaired) electrons. The van der Waals surface area contributed by atoms with Gasteiger partial charge >= 0.3 is 0 Å². The van der Waals surface area contributed by atoms with Crippen LogP contribution in [0.2, 0.25) is 0 Å². The first-order valence-corrected chi connectivity index (χ1v) is 9.74. The second-order valence-corrected chi connectivity index (χ2v) is 7.58. The Balaban J connectivity index is 1.66. The van der Waals surface area contributed by atoms with Crippen LogP contribution in [0.5, 0.6) is 17.2 Å². The van der Waals surface area contributed by atoms with Crippen LogP contribution in [-0.2, 0) is 14.8 Å². The summed E-state index contributed by atoms with van der Waals surface area (Å²) in [5, 5.41) is 2.66. The molecular weight excluding hydrogens is 372 g/mol. The molecular formula is C18H20N2O6S. The number of ether oxygens (including phenoxy) is 3. The zero-order chi connectivity index (χ0) is 19.4. The highest BCUT2D eigenvalue weighted by molar-refractivity contribution is 7.89. The van der Waals surface area contributed by atoms with Crippen LogP contribution in [0.1, 0.15) is 6.92 Å². The first kappa shape index (κ1) is 19.0. The molecule has 27 heavy (non-hydrogen) atoms. The number of carbonyl (C=O) groups excluding carboxylic acids is 1. The summed E-state index contributed by atoms with van der Waals surface area (Å²) < 4.78 is 43.1. The number of rotatable bonds is 6. The molecule has 0 spiro atoms. The summed E-state index contributed by atoms with van der Waals surface area (Å²) in [5.41, 5.74) is 0.486. The van der Waals surface area contributed by atoms with Gasteiger partial charge in [-0.05, 0) is 43.3 Å². The number of anilines is 1. The number of hydrogen-bond donors (Lipinski definition) is 2. The average molecular weight is 392 g/mol. The number of fused-ring (bicyclic) bond motifs is 1. The van der Waals surface area contributed by atoms with E-state index in [2.05, 4.69) is 10.0 Å². The monoisotopic (exact) mass is 392 g/mol. The fraction of sp³-hybridized carbons (Fsp3) is 0.278. The van der Waals surface area contributed by atoms with Crippen LogP contribution < -0.4 is 24.2 Å². The van der Waals surface area contributed by atoms with Crippen molar-refractivity contribution >= 4 is 21.6 Å². The molecule has 2 aromatic rings. The van der Waals surface area contributed by atoms with Crippen LogP contribution in [0.15, 0.2) is 47.4 Å². The number of amides is 1. The van der Waals surface area contributed by atoms with Crippen molar-refractivity contribution in [3.63, 3.8) is 0 Å². The second kappa shape index (κ2) is 7.85. The van der Waals surface area contributed by atoms with E-state index >= 15 is 0 Å². The maximum Gasteiger partial charge on any atom is 0.242 e. The van der Waals surface area contributed by atoms with Crippen LogP contribution in [0, 0.1) is 0 Å². The molecule has 0 saturated heterocycles. The zero-order valence-electron chi connectivity index (χ0n) is 14.9. The minimum atomic E-state index is -3.85. The largest absolute Gasteiger partial charge is 0.497 e.